The first kappa shape index (κ1) is 19.9. The number of hydrogen-bond donors (Lipinski definition) is 2. The molecule has 2 aliphatic rings. The van der Waals surface area contributed by atoms with Gasteiger partial charge in [0, 0.05) is 63.5 Å². The molecule has 0 radical (unpaired) electrons. The third-order valence-corrected chi connectivity index (χ3v) is 5.94. The number of hydrogen-bond acceptors (Lipinski definition) is 4. The molecule has 2 aromatic carbocycles. The Bertz CT molecular complexity index is 1000. The molecule has 0 spiro atoms. The number of carbonyl (C=O) groups is 1. The maximum Gasteiger partial charge on any atom is 0.274 e. The topological polar surface area (TPSA) is 64.3 Å². The van der Waals surface area contributed by atoms with Crippen molar-refractivity contribution >= 4 is 29.1 Å². The molecule has 0 aliphatic carbocycles. The monoisotopic (exact) mass is 411 g/mol. The van der Waals surface area contributed by atoms with Crippen LogP contribution in [0.4, 0.5) is 0 Å². The number of rotatable bonds is 3. The Morgan fingerprint density at radius 3 is 2.69 bits per heavy atom. The summed E-state index contributed by atoms with van der Waals surface area (Å²) in [6, 6.07) is 15.0. The van der Waals surface area contributed by atoms with Crippen LogP contribution in [0.3, 0.4) is 0 Å². The van der Waals surface area contributed by atoms with E-state index in [2.05, 4.69) is 62.9 Å². The van der Waals surface area contributed by atoms with E-state index in [9.17, 15) is 4.79 Å². The lowest BCUT2D eigenvalue weighted by Gasteiger charge is -2.34. The predicted molar refractivity (Wildman–Crippen MR) is 116 cm³/mol. The average Bonchev–Trinajstić information content (AvgIpc) is 3.18. The lowest BCUT2D eigenvalue weighted by Crippen LogP contribution is -2.48. The molecule has 0 bridgehead atoms. The smallest absolute Gasteiger partial charge is 0.274 e. The van der Waals surface area contributed by atoms with E-state index in [-0.39, 0.29) is 18.3 Å². The molecule has 7 heteroatoms. The molecular formula is C22H26ClN5O. The molecule has 6 nitrogen and oxygen atoms in total. The number of fused-ring (bicyclic) bond motifs is 2. The van der Waals surface area contributed by atoms with Crippen molar-refractivity contribution in [3.63, 3.8) is 0 Å². The number of benzene rings is 2. The maximum absolute atomic E-state index is 13.0. The van der Waals surface area contributed by atoms with Crippen molar-refractivity contribution in [1.29, 1.82) is 0 Å². The van der Waals surface area contributed by atoms with Gasteiger partial charge in [0.2, 0.25) is 0 Å². The minimum atomic E-state index is 0. The van der Waals surface area contributed by atoms with Crippen LogP contribution in [0.2, 0.25) is 0 Å². The number of H-pyrrole nitrogens is 1. The average molecular weight is 412 g/mol. The maximum atomic E-state index is 13.0. The highest BCUT2D eigenvalue weighted by Gasteiger charge is 2.28. The van der Waals surface area contributed by atoms with Gasteiger partial charge in [0.1, 0.15) is 0 Å². The molecular weight excluding hydrogens is 386 g/mol. The second-order valence-electron chi connectivity index (χ2n) is 7.66. The van der Waals surface area contributed by atoms with Crippen LogP contribution in [0.1, 0.15) is 27.3 Å². The summed E-state index contributed by atoms with van der Waals surface area (Å²) in [5, 5.41) is 13.3. The Labute approximate surface area is 176 Å². The van der Waals surface area contributed by atoms with Gasteiger partial charge in [-0.25, -0.2) is 0 Å². The number of amides is 1. The molecule has 2 N–H and O–H groups in total. The van der Waals surface area contributed by atoms with Gasteiger partial charge in [-0.1, -0.05) is 42.5 Å². The van der Waals surface area contributed by atoms with Gasteiger partial charge in [-0.15, -0.1) is 12.4 Å². The van der Waals surface area contributed by atoms with Gasteiger partial charge in [-0.2, -0.15) is 5.10 Å². The zero-order chi connectivity index (χ0) is 18.9. The van der Waals surface area contributed by atoms with E-state index in [1.807, 2.05) is 4.90 Å². The van der Waals surface area contributed by atoms with Crippen molar-refractivity contribution in [3.05, 3.63) is 65.0 Å². The molecule has 1 fully saturated rings. The second-order valence-corrected chi connectivity index (χ2v) is 7.66. The van der Waals surface area contributed by atoms with Crippen LogP contribution in [0, 0.1) is 0 Å². The molecule has 0 atom stereocenters. The molecule has 2 aliphatic heterocycles. The number of carbonyl (C=O) groups excluding carboxylic acids is 1. The third kappa shape index (κ3) is 3.88. The zero-order valence-electron chi connectivity index (χ0n) is 16.4. The van der Waals surface area contributed by atoms with Crippen LogP contribution < -0.4 is 5.32 Å². The standard InChI is InChI=1S/C22H25N5O.ClH/c28-22(21-19-14-23-9-8-20(19)24-25-21)27-12-10-26(11-13-27)15-17-6-3-5-16-4-1-2-7-18(16)17;/h1-7,23H,8-15H2,(H,24,25);1H. The summed E-state index contributed by atoms with van der Waals surface area (Å²) in [5.41, 5.74) is 4.11. The van der Waals surface area contributed by atoms with Crippen LogP contribution in [0.15, 0.2) is 42.5 Å². The Morgan fingerprint density at radius 2 is 1.83 bits per heavy atom. The van der Waals surface area contributed by atoms with Crippen molar-refractivity contribution in [2.45, 2.75) is 19.5 Å². The summed E-state index contributed by atoms with van der Waals surface area (Å²) in [4.78, 5) is 17.4. The number of aromatic amines is 1. The fraction of sp³-hybridized carbons (Fsp3) is 0.364. The van der Waals surface area contributed by atoms with E-state index in [0.29, 0.717) is 5.69 Å². The summed E-state index contributed by atoms with van der Waals surface area (Å²) in [6.07, 6.45) is 0.911. The Morgan fingerprint density at radius 1 is 1.03 bits per heavy atom. The number of halogens is 1. The summed E-state index contributed by atoms with van der Waals surface area (Å²) in [5.74, 6) is 0.0611. The van der Waals surface area contributed by atoms with Crippen LogP contribution >= 0.6 is 12.4 Å². The summed E-state index contributed by atoms with van der Waals surface area (Å²) in [6.45, 7) is 5.87. The van der Waals surface area contributed by atoms with Gasteiger partial charge in [-0.05, 0) is 16.3 Å². The summed E-state index contributed by atoms with van der Waals surface area (Å²) < 4.78 is 0. The van der Waals surface area contributed by atoms with Crippen LogP contribution in [-0.4, -0.2) is 58.6 Å². The lowest BCUT2D eigenvalue weighted by molar-refractivity contribution is 0.0622. The van der Waals surface area contributed by atoms with Crippen molar-refractivity contribution < 1.29 is 4.79 Å². The van der Waals surface area contributed by atoms with Crippen molar-refractivity contribution in [2.24, 2.45) is 0 Å². The predicted octanol–water partition coefficient (Wildman–Crippen LogP) is 2.59. The van der Waals surface area contributed by atoms with E-state index in [1.165, 1.54) is 16.3 Å². The molecule has 5 rings (SSSR count). The quantitative estimate of drug-likeness (QED) is 0.695. The van der Waals surface area contributed by atoms with Gasteiger partial charge in [0.25, 0.3) is 5.91 Å². The minimum Gasteiger partial charge on any atom is -0.335 e. The highest BCUT2D eigenvalue weighted by atomic mass is 35.5. The first-order valence-corrected chi connectivity index (χ1v) is 10.0. The van der Waals surface area contributed by atoms with Gasteiger partial charge >= 0.3 is 0 Å². The second kappa shape index (κ2) is 8.53. The zero-order valence-corrected chi connectivity index (χ0v) is 17.2. The molecule has 1 saturated heterocycles. The summed E-state index contributed by atoms with van der Waals surface area (Å²) in [7, 11) is 0. The SMILES string of the molecule is Cl.O=C(c1n[nH]c2c1CNCC2)N1CCN(Cc2cccc3ccccc23)CC1. The Hall–Kier alpha value is -2.41. The molecule has 1 amide bonds. The number of aromatic nitrogens is 2. The third-order valence-electron chi connectivity index (χ3n) is 5.94. The minimum absolute atomic E-state index is 0. The van der Waals surface area contributed by atoms with Gasteiger partial charge in [0.05, 0.1) is 0 Å². The fourth-order valence-corrected chi connectivity index (χ4v) is 4.33. The first-order valence-electron chi connectivity index (χ1n) is 10.0. The van der Waals surface area contributed by atoms with Crippen molar-refractivity contribution in [2.75, 3.05) is 32.7 Å². The van der Waals surface area contributed by atoms with E-state index >= 15 is 0 Å². The van der Waals surface area contributed by atoms with Crippen LogP contribution in [0.5, 0.6) is 0 Å². The van der Waals surface area contributed by atoms with Crippen LogP contribution in [-0.2, 0) is 19.5 Å². The number of nitrogens with one attached hydrogen (secondary N) is 2. The van der Waals surface area contributed by atoms with Crippen molar-refractivity contribution in [3.8, 4) is 0 Å². The number of nitrogens with zero attached hydrogens (tertiary/aromatic N) is 3. The largest absolute Gasteiger partial charge is 0.335 e. The normalized spacial score (nSPS) is 17.0. The molecule has 0 saturated carbocycles. The van der Waals surface area contributed by atoms with E-state index in [4.69, 9.17) is 0 Å². The molecule has 152 valence electrons. The Balaban J connectivity index is 0.00000205. The fourth-order valence-electron chi connectivity index (χ4n) is 4.33. The summed E-state index contributed by atoms with van der Waals surface area (Å²) >= 11 is 0. The molecule has 3 heterocycles. The van der Waals surface area contributed by atoms with E-state index in [1.54, 1.807) is 0 Å². The van der Waals surface area contributed by atoms with Crippen LogP contribution in [0.25, 0.3) is 10.8 Å². The Kier molecular flexibility index (Phi) is 5.85. The molecule has 29 heavy (non-hydrogen) atoms. The molecule has 3 aromatic rings. The van der Waals surface area contributed by atoms with Gasteiger partial charge in [-0.3, -0.25) is 14.8 Å². The van der Waals surface area contributed by atoms with Crippen molar-refractivity contribution in [1.82, 2.24) is 25.3 Å². The van der Waals surface area contributed by atoms with E-state index in [0.717, 1.165) is 63.5 Å². The number of piperazine rings is 1. The highest BCUT2D eigenvalue weighted by molar-refractivity contribution is 5.94. The first-order chi connectivity index (χ1) is 13.8. The highest BCUT2D eigenvalue weighted by Crippen LogP contribution is 2.22. The lowest BCUT2D eigenvalue weighted by atomic mass is 10.0. The van der Waals surface area contributed by atoms with Gasteiger partial charge < -0.3 is 10.2 Å². The molecule has 0 unspecified atom stereocenters. The molecule has 1 aromatic heterocycles. The van der Waals surface area contributed by atoms with E-state index < -0.39 is 0 Å². The van der Waals surface area contributed by atoms with Gasteiger partial charge in [0.15, 0.2) is 5.69 Å².